The van der Waals surface area contributed by atoms with Crippen molar-refractivity contribution in [2.75, 3.05) is 6.61 Å². The summed E-state index contributed by atoms with van der Waals surface area (Å²) >= 11 is 0. The zero-order chi connectivity index (χ0) is 9.73. The fourth-order valence-corrected chi connectivity index (χ4v) is 2.11. The van der Waals surface area contributed by atoms with Gasteiger partial charge in [-0.1, -0.05) is 19.3 Å². The van der Waals surface area contributed by atoms with Crippen molar-refractivity contribution in [3.05, 3.63) is 0 Å². The lowest BCUT2D eigenvalue weighted by Crippen LogP contribution is -2.29. The lowest BCUT2D eigenvalue weighted by atomic mass is 9.72. The highest BCUT2D eigenvalue weighted by Gasteiger charge is 2.33. The fraction of sp³-hybridized carbons (Fsp3) is 0.900. The summed E-state index contributed by atoms with van der Waals surface area (Å²) in [5.41, 5.74) is -0.361. The van der Waals surface area contributed by atoms with E-state index in [1.807, 2.05) is 0 Å². The van der Waals surface area contributed by atoms with Crippen molar-refractivity contribution in [2.24, 2.45) is 5.41 Å². The molecule has 1 saturated carbocycles. The van der Waals surface area contributed by atoms with E-state index in [0.717, 1.165) is 25.7 Å². The van der Waals surface area contributed by atoms with E-state index in [0.29, 0.717) is 6.42 Å². The van der Waals surface area contributed by atoms with Gasteiger partial charge in [-0.3, -0.25) is 0 Å². The molecule has 1 unspecified atom stereocenters. The predicted octanol–water partition coefficient (Wildman–Crippen LogP) is 1.20. The largest absolute Gasteiger partial charge is 0.394 e. The molecule has 0 radical (unpaired) electrons. The number of nitrogens with zero attached hydrogens (tertiary/aromatic N) is 1. The summed E-state index contributed by atoms with van der Waals surface area (Å²) in [4.78, 5) is 0. The van der Waals surface area contributed by atoms with Crippen molar-refractivity contribution < 1.29 is 10.2 Å². The minimum absolute atomic E-state index is 0.233. The summed E-state index contributed by atoms with van der Waals surface area (Å²) in [5.74, 6) is 0. The maximum Gasteiger partial charge on any atom is 0.0786 e. The van der Waals surface area contributed by atoms with Gasteiger partial charge in [0.15, 0.2) is 0 Å². The van der Waals surface area contributed by atoms with Crippen LogP contribution in [0.5, 0.6) is 0 Å². The Kier molecular flexibility index (Phi) is 3.71. The Morgan fingerprint density at radius 1 is 1.31 bits per heavy atom. The van der Waals surface area contributed by atoms with Gasteiger partial charge in [0.25, 0.3) is 0 Å². The molecule has 0 aliphatic heterocycles. The zero-order valence-corrected chi connectivity index (χ0v) is 7.87. The maximum absolute atomic E-state index is 9.31. The average molecular weight is 183 g/mol. The van der Waals surface area contributed by atoms with E-state index >= 15 is 0 Å². The van der Waals surface area contributed by atoms with Crippen molar-refractivity contribution in [3.63, 3.8) is 0 Å². The topological polar surface area (TPSA) is 64.2 Å². The quantitative estimate of drug-likeness (QED) is 0.691. The molecule has 0 bridgehead atoms. The summed E-state index contributed by atoms with van der Waals surface area (Å²) in [6.07, 6.45) is 4.80. The van der Waals surface area contributed by atoms with Gasteiger partial charge in [0.2, 0.25) is 0 Å². The second kappa shape index (κ2) is 4.59. The molecule has 1 aliphatic rings. The van der Waals surface area contributed by atoms with Crippen LogP contribution < -0.4 is 0 Å². The first-order valence-corrected chi connectivity index (χ1v) is 4.93. The Hall–Kier alpha value is -0.590. The standard InChI is InChI=1S/C10H17NO2/c11-8-10(6-9(13)7-12)4-2-1-3-5-10/h9,12-13H,1-7H2. The third-order valence-corrected chi connectivity index (χ3v) is 2.88. The van der Waals surface area contributed by atoms with Gasteiger partial charge in [0, 0.05) is 0 Å². The van der Waals surface area contributed by atoms with E-state index in [4.69, 9.17) is 10.4 Å². The van der Waals surface area contributed by atoms with Crippen molar-refractivity contribution in [1.82, 2.24) is 0 Å². The molecule has 1 atom stereocenters. The SMILES string of the molecule is N#CC1(CC(O)CO)CCCCC1. The van der Waals surface area contributed by atoms with Crippen molar-refractivity contribution in [3.8, 4) is 6.07 Å². The summed E-state index contributed by atoms with van der Waals surface area (Å²) in [5, 5.41) is 27.1. The second-order valence-corrected chi connectivity index (χ2v) is 3.99. The normalized spacial score (nSPS) is 23.5. The van der Waals surface area contributed by atoms with Crippen LogP contribution in [0.4, 0.5) is 0 Å². The molecule has 0 saturated heterocycles. The van der Waals surface area contributed by atoms with Crippen LogP contribution >= 0.6 is 0 Å². The molecule has 2 N–H and O–H groups in total. The minimum Gasteiger partial charge on any atom is -0.394 e. The number of hydrogen-bond acceptors (Lipinski definition) is 3. The maximum atomic E-state index is 9.31. The van der Waals surface area contributed by atoms with Crippen LogP contribution in [0.1, 0.15) is 38.5 Å². The number of hydrogen-bond donors (Lipinski definition) is 2. The first-order valence-electron chi connectivity index (χ1n) is 4.93. The van der Waals surface area contributed by atoms with Crippen LogP contribution in [0, 0.1) is 16.7 Å². The minimum atomic E-state index is -0.724. The number of aliphatic hydroxyl groups is 2. The van der Waals surface area contributed by atoms with Gasteiger partial charge in [0.1, 0.15) is 0 Å². The van der Waals surface area contributed by atoms with Crippen LogP contribution in [0.3, 0.4) is 0 Å². The highest BCUT2D eigenvalue weighted by atomic mass is 16.3. The van der Waals surface area contributed by atoms with Crippen LogP contribution in [0.2, 0.25) is 0 Å². The summed E-state index contributed by atoms with van der Waals surface area (Å²) < 4.78 is 0. The Labute approximate surface area is 79.0 Å². The van der Waals surface area contributed by atoms with E-state index in [2.05, 4.69) is 6.07 Å². The van der Waals surface area contributed by atoms with Crippen LogP contribution in [-0.4, -0.2) is 22.9 Å². The average Bonchev–Trinajstić information content (AvgIpc) is 2.19. The molecule has 1 fully saturated rings. The monoisotopic (exact) mass is 183 g/mol. The van der Waals surface area contributed by atoms with E-state index in [9.17, 15) is 5.11 Å². The van der Waals surface area contributed by atoms with Crippen LogP contribution in [-0.2, 0) is 0 Å². The smallest absolute Gasteiger partial charge is 0.0786 e. The van der Waals surface area contributed by atoms with Gasteiger partial charge < -0.3 is 10.2 Å². The third kappa shape index (κ3) is 2.68. The fourth-order valence-electron chi connectivity index (χ4n) is 2.11. The van der Waals surface area contributed by atoms with Crippen molar-refractivity contribution in [2.45, 2.75) is 44.6 Å². The summed E-state index contributed by atoms with van der Waals surface area (Å²) in [6, 6.07) is 2.31. The van der Waals surface area contributed by atoms with Gasteiger partial charge in [0.05, 0.1) is 24.2 Å². The molecule has 0 aromatic heterocycles. The third-order valence-electron chi connectivity index (χ3n) is 2.88. The Morgan fingerprint density at radius 3 is 2.38 bits per heavy atom. The molecule has 0 heterocycles. The second-order valence-electron chi connectivity index (χ2n) is 3.99. The van der Waals surface area contributed by atoms with Crippen LogP contribution in [0.15, 0.2) is 0 Å². The summed E-state index contributed by atoms with van der Waals surface area (Å²) in [7, 11) is 0. The molecule has 13 heavy (non-hydrogen) atoms. The zero-order valence-electron chi connectivity index (χ0n) is 7.87. The highest BCUT2D eigenvalue weighted by molar-refractivity contribution is 5.01. The lowest BCUT2D eigenvalue weighted by Gasteiger charge is -2.31. The van der Waals surface area contributed by atoms with Crippen LogP contribution in [0.25, 0.3) is 0 Å². The van der Waals surface area contributed by atoms with E-state index in [1.54, 1.807) is 0 Å². The van der Waals surface area contributed by atoms with Gasteiger partial charge in [-0.05, 0) is 19.3 Å². The Balaban J connectivity index is 2.53. The van der Waals surface area contributed by atoms with Gasteiger partial charge in [-0.15, -0.1) is 0 Å². The molecular weight excluding hydrogens is 166 g/mol. The van der Waals surface area contributed by atoms with E-state index in [-0.39, 0.29) is 12.0 Å². The molecule has 0 amide bonds. The van der Waals surface area contributed by atoms with E-state index < -0.39 is 6.10 Å². The first-order chi connectivity index (χ1) is 6.22. The van der Waals surface area contributed by atoms with Gasteiger partial charge in [-0.2, -0.15) is 5.26 Å². The lowest BCUT2D eigenvalue weighted by molar-refractivity contribution is 0.0512. The molecule has 0 aromatic rings. The number of aliphatic hydroxyl groups excluding tert-OH is 2. The van der Waals surface area contributed by atoms with E-state index in [1.165, 1.54) is 6.42 Å². The molecule has 1 rings (SSSR count). The molecule has 3 heteroatoms. The highest BCUT2D eigenvalue weighted by Crippen LogP contribution is 2.39. The van der Waals surface area contributed by atoms with Gasteiger partial charge >= 0.3 is 0 Å². The Bertz CT molecular complexity index is 192. The molecule has 3 nitrogen and oxygen atoms in total. The van der Waals surface area contributed by atoms with Crippen molar-refractivity contribution >= 4 is 0 Å². The Morgan fingerprint density at radius 2 is 1.92 bits per heavy atom. The summed E-state index contributed by atoms with van der Waals surface area (Å²) in [6.45, 7) is -0.233. The number of nitriles is 1. The van der Waals surface area contributed by atoms with Gasteiger partial charge in [-0.25, -0.2) is 0 Å². The first kappa shape index (κ1) is 10.5. The molecule has 1 aliphatic carbocycles. The molecule has 0 spiro atoms. The van der Waals surface area contributed by atoms with Crippen molar-refractivity contribution in [1.29, 1.82) is 5.26 Å². The number of rotatable bonds is 3. The molecule has 74 valence electrons. The molecule has 0 aromatic carbocycles. The molecular formula is C10H17NO2. The predicted molar refractivity (Wildman–Crippen MR) is 48.8 cm³/mol.